The number of likely N-dealkylation sites (tertiary alicyclic amines) is 1. The van der Waals surface area contributed by atoms with Crippen molar-refractivity contribution >= 4 is 22.8 Å². The molecule has 2 aromatic rings. The molecule has 2 fully saturated rings. The van der Waals surface area contributed by atoms with Gasteiger partial charge in [-0.05, 0) is 63.6 Å². The van der Waals surface area contributed by atoms with Gasteiger partial charge in [-0.2, -0.15) is 0 Å². The van der Waals surface area contributed by atoms with E-state index in [1.807, 2.05) is 24.8 Å². The molecule has 0 aliphatic carbocycles. The molecule has 1 aromatic heterocycles. The summed E-state index contributed by atoms with van der Waals surface area (Å²) in [6.07, 6.45) is 4.31. The quantitative estimate of drug-likeness (QED) is 0.772. The van der Waals surface area contributed by atoms with Crippen LogP contribution < -0.4 is 5.32 Å². The van der Waals surface area contributed by atoms with Crippen LogP contribution in [-0.4, -0.2) is 58.0 Å². The lowest BCUT2D eigenvalue weighted by atomic mass is 9.88. The van der Waals surface area contributed by atoms with Gasteiger partial charge in [0.15, 0.2) is 0 Å². The zero-order chi connectivity index (χ0) is 22.9. The molecule has 2 saturated heterocycles. The van der Waals surface area contributed by atoms with Gasteiger partial charge < -0.3 is 15.0 Å². The largest absolute Gasteiger partial charge is 0.370 e. The van der Waals surface area contributed by atoms with Crippen molar-refractivity contribution in [1.82, 2.24) is 20.2 Å². The van der Waals surface area contributed by atoms with Crippen LogP contribution in [0.2, 0.25) is 0 Å². The van der Waals surface area contributed by atoms with Crippen LogP contribution in [0.25, 0.3) is 11.0 Å². The van der Waals surface area contributed by atoms with Crippen molar-refractivity contribution in [2.75, 3.05) is 19.6 Å². The van der Waals surface area contributed by atoms with Gasteiger partial charge in [0.25, 0.3) is 5.91 Å². The van der Waals surface area contributed by atoms with Crippen molar-refractivity contribution < 1.29 is 14.3 Å². The molecule has 0 radical (unpaired) electrons. The van der Waals surface area contributed by atoms with Gasteiger partial charge in [0, 0.05) is 31.6 Å². The molecule has 7 heteroatoms. The van der Waals surface area contributed by atoms with Crippen LogP contribution in [0, 0.1) is 19.8 Å². The summed E-state index contributed by atoms with van der Waals surface area (Å²) < 4.78 is 6.41. The molecule has 1 atom stereocenters. The van der Waals surface area contributed by atoms with E-state index in [-0.39, 0.29) is 23.5 Å². The van der Waals surface area contributed by atoms with Gasteiger partial charge in [-0.1, -0.05) is 13.8 Å². The van der Waals surface area contributed by atoms with Crippen LogP contribution in [0.3, 0.4) is 0 Å². The predicted octanol–water partition coefficient (Wildman–Crippen LogP) is 3.56. The molecule has 172 valence electrons. The van der Waals surface area contributed by atoms with Crippen LogP contribution >= 0.6 is 0 Å². The maximum absolute atomic E-state index is 12.7. The monoisotopic (exact) mass is 438 g/mol. The molecular formula is C25H34N4O3. The number of nitrogens with zero attached hydrogens (tertiary/aromatic N) is 3. The molecule has 1 aromatic carbocycles. The molecule has 3 heterocycles. The Morgan fingerprint density at radius 2 is 1.81 bits per heavy atom. The first-order chi connectivity index (χ1) is 15.2. The van der Waals surface area contributed by atoms with Crippen molar-refractivity contribution in [3.05, 3.63) is 35.2 Å². The number of ether oxygens (including phenoxy) is 1. The highest BCUT2D eigenvalue weighted by atomic mass is 16.5. The third-order valence-corrected chi connectivity index (χ3v) is 6.78. The van der Waals surface area contributed by atoms with Crippen LogP contribution in [-0.2, 0) is 9.53 Å². The van der Waals surface area contributed by atoms with E-state index >= 15 is 0 Å². The van der Waals surface area contributed by atoms with E-state index in [0.717, 1.165) is 61.2 Å². The Hall–Kier alpha value is -2.54. The number of benzene rings is 1. The van der Waals surface area contributed by atoms with E-state index in [4.69, 9.17) is 4.74 Å². The number of aryl methyl sites for hydroxylation is 2. The third kappa shape index (κ3) is 4.93. The highest BCUT2D eigenvalue weighted by Crippen LogP contribution is 2.39. The van der Waals surface area contributed by atoms with Crippen LogP contribution in [0.1, 0.15) is 67.7 Å². The molecule has 32 heavy (non-hydrogen) atoms. The SMILES string of the molecule is Cc1nc2ccc(C(=O)NCC3CCC4(CCN(C(=O)CC(C)C)CC4)O3)cc2nc1C. The number of aromatic nitrogens is 2. The summed E-state index contributed by atoms with van der Waals surface area (Å²) in [4.78, 5) is 36.1. The molecular weight excluding hydrogens is 404 g/mol. The van der Waals surface area contributed by atoms with E-state index < -0.39 is 0 Å². The minimum Gasteiger partial charge on any atom is -0.370 e. The maximum Gasteiger partial charge on any atom is 0.251 e. The maximum atomic E-state index is 12.7. The summed E-state index contributed by atoms with van der Waals surface area (Å²) in [6.45, 7) is 10.0. The highest BCUT2D eigenvalue weighted by Gasteiger charge is 2.43. The lowest BCUT2D eigenvalue weighted by molar-refractivity contribution is -0.138. The molecule has 2 aliphatic heterocycles. The average molecular weight is 439 g/mol. The topological polar surface area (TPSA) is 84.4 Å². The zero-order valence-electron chi connectivity index (χ0n) is 19.6. The Balaban J connectivity index is 1.29. The van der Waals surface area contributed by atoms with E-state index in [1.54, 1.807) is 12.1 Å². The minimum absolute atomic E-state index is 0.0157. The summed E-state index contributed by atoms with van der Waals surface area (Å²) in [5, 5.41) is 3.03. The molecule has 0 saturated carbocycles. The van der Waals surface area contributed by atoms with E-state index in [0.29, 0.717) is 24.4 Å². The molecule has 2 aliphatic rings. The number of hydrogen-bond donors (Lipinski definition) is 1. The van der Waals surface area contributed by atoms with Gasteiger partial charge in [0.1, 0.15) is 0 Å². The van der Waals surface area contributed by atoms with E-state index in [2.05, 4.69) is 29.1 Å². The van der Waals surface area contributed by atoms with Crippen molar-refractivity contribution in [3.63, 3.8) is 0 Å². The van der Waals surface area contributed by atoms with Crippen molar-refractivity contribution in [1.29, 1.82) is 0 Å². The lowest BCUT2D eigenvalue weighted by Crippen LogP contribution is -2.47. The molecule has 4 rings (SSSR count). The summed E-state index contributed by atoms with van der Waals surface area (Å²) in [5.74, 6) is 0.518. The number of piperidine rings is 1. The fourth-order valence-corrected chi connectivity index (χ4v) is 4.73. The summed E-state index contributed by atoms with van der Waals surface area (Å²) in [7, 11) is 0. The van der Waals surface area contributed by atoms with E-state index in [1.165, 1.54) is 0 Å². The van der Waals surface area contributed by atoms with Gasteiger partial charge in [-0.3, -0.25) is 9.59 Å². The minimum atomic E-state index is -0.141. The van der Waals surface area contributed by atoms with Crippen molar-refractivity contribution in [2.45, 2.75) is 71.5 Å². The number of nitrogens with one attached hydrogen (secondary N) is 1. The Morgan fingerprint density at radius 3 is 2.50 bits per heavy atom. The lowest BCUT2D eigenvalue weighted by Gasteiger charge is -2.39. The first-order valence-electron chi connectivity index (χ1n) is 11.7. The smallest absolute Gasteiger partial charge is 0.251 e. The predicted molar refractivity (Wildman–Crippen MR) is 123 cm³/mol. The summed E-state index contributed by atoms with van der Waals surface area (Å²) in [5.41, 5.74) is 3.74. The second-order valence-electron chi connectivity index (χ2n) is 9.75. The van der Waals surface area contributed by atoms with Gasteiger partial charge in [0.05, 0.1) is 34.1 Å². The molecule has 0 bridgehead atoms. The fourth-order valence-electron chi connectivity index (χ4n) is 4.73. The number of carbonyl (C=O) groups excluding carboxylic acids is 2. The number of hydrogen-bond acceptors (Lipinski definition) is 5. The normalized spacial score (nSPS) is 20.3. The zero-order valence-corrected chi connectivity index (χ0v) is 19.6. The number of rotatable bonds is 5. The highest BCUT2D eigenvalue weighted by molar-refractivity contribution is 5.97. The van der Waals surface area contributed by atoms with Crippen molar-refractivity contribution in [2.24, 2.45) is 5.92 Å². The van der Waals surface area contributed by atoms with Gasteiger partial charge >= 0.3 is 0 Å². The Bertz CT molecular complexity index is 1010. The summed E-state index contributed by atoms with van der Waals surface area (Å²) >= 11 is 0. The molecule has 1 N–H and O–H groups in total. The second kappa shape index (κ2) is 9.14. The Morgan fingerprint density at radius 1 is 1.12 bits per heavy atom. The molecule has 2 amide bonds. The fraction of sp³-hybridized carbons (Fsp3) is 0.600. The second-order valence-corrected chi connectivity index (χ2v) is 9.75. The number of carbonyl (C=O) groups is 2. The van der Waals surface area contributed by atoms with E-state index in [9.17, 15) is 9.59 Å². The van der Waals surface area contributed by atoms with Gasteiger partial charge in [-0.25, -0.2) is 9.97 Å². The van der Waals surface area contributed by atoms with Crippen LogP contribution in [0.4, 0.5) is 0 Å². The standard InChI is InChI=1S/C25H34N4O3/c1-16(2)13-23(30)29-11-9-25(10-12-29)8-7-20(32-25)15-26-24(31)19-5-6-21-22(14-19)28-18(4)17(3)27-21/h5-6,14,16,20H,7-13,15H2,1-4H3,(H,26,31). The first kappa shape index (κ1) is 22.6. The number of fused-ring (bicyclic) bond motifs is 1. The molecule has 1 spiro atoms. The van der Waals surface area contributed by atoms with Crippen molar-refractivity contribution in [3.8, 4) is 0 Å². The van der Waals surface area contributed by atoms with Gasteiger partial charge in [0.2, 0.25) is 5.91 Å². The van der Waals surface area contributed by atoms with Crippen LogP contribution in [0.5, 0.6) is 0 Å². The Kier molecular flexibility index (Phi) is 6.47. The molecule has 7 nitrogen and oxygen atoms in total. The van der Waals surface area contributed by atoms with Crippen LogP contribution in [0.15, 0.2) is 18.2 Å². The molecule has 1 unspecified atom stereocenters. The average Bonchev–Trinajstić information content (AvgIpc) is 3.15. The number of amides is 2. The summed E-state index contributed by atoms with van der Waals surface area (Å²) in [6, 6.07) is 5.44. The van der Waals surface area contributed by atoms with Gasteiger partial charge in [-0.15, -0.1) is 0 Å². The first-order valence-corrected chi connectivity index (χ1v) is 11.7. The Labute approximate surface area is 189 Å². The third-order valence-electron chi connectivity index (χ3n) is 6.78.